The molecule has 3 rings (SSSR count). The molecule has 0 aliphatic heterocycles. The minimum atomic E-state index is 0.559. The zero-order valence-electron chi connectivity index (χ0n) is 10.9. The average Bonchev–Trinajstić information content (AvgIpc) is 2.87. The second kappa shape index (κ2) is 5.73. The average molecular weight is 305 g/mol. The Balaban J connectivity index is 1.72. The fourth-order valence-corrected chi connectivity index (χ4v) is 3.21. The Labute approximate surface area is 126 Å². The van der Waals surface area contributed by atoms with Crippen LogP contribution in [-0.4, -0.2) is 7.11 Å². The van der Waals surface area contributed by atoms with Gasteiger partial charge in [0.05, 0.1) is 7.11 Å². The minimum Gasteiger partial charge on any atom is -0.497 e. The van der Waals surface area contributed by atoms with Gasteiger partial charge in [-0.2, -0.15) is 0 Å². The summed E-state index contributed by atoms with van der Waals surface area (Å²) >= 11 is 7.70. The highest BCUT2D eigenvalue weighted by Crippen LogP contribution is 2.29. The van der Waals surface area contributed by atoms with Gasteiger partial charge in [0.25, 0.3) is 0 Å². The highest BCUT2D eigenvalue weighted by Gasteiger charge is 2.03. The summed E-state index contributed by atoms with van der Waals surface area (Å²) < 4.78 is 12.1. The van der Waals surface area contributed by atoms with E-state index in [1.165, 1.54) is 15.0 Å². The molecule has 0 unspecified atom stereocenters. The first kappa shape index (κ1) is 13.3. The van der Waals surface area contributed by atoms with Crippen molar-refractivity contribution in [2.24, 2.45) is 0 Å². The third kappa shape index (κ3) is 2.89. The van der Waals surface area contributed by atoms with Gasteiger partial charge in [-0.25, -0.2) is 0 Å². The van der Waals surface area contributed by atoms with Crippen molar-refractivity contribution in [3.05, 3.63) is 58.4 Å². The Kier molecular flexibility index (Phi) is 3.81. The molecule has 0 radical (unpaired) electrons. The van der Waals surface area contributed by atoms with Crippen molar-refractivity contribution >= 4 is 33.0 Å². The van der Waals surface area contributed by atoms with E-state index in [2.05, 4.69) is 6.07 Å². The maximum Gasteiger partial charge on any atom is 0.122 e. The summed E-state index contributed by atoms with van der Waals surface area (Å²) in [5, 5.41) is 1.97. The lowest BCUT2D eigenvalue weighted by molar-refractivity contribution is 0.309. The Morgan fingerprint density at radius 1 is 1.00 bits per heavy atom. The number of fused-ring (bicyclic) bond motifs is 1. The summed E-state index contributed by atoms with van der Waals surface area (Å²) in [5.74, 6) is 1.66. The van der Waals surface area contributed by atoms with Gasteiger partial charge in [0, 0.05) is 14.6 Å². The van der Waals surface area contributed by atoms with Crippen molar-refractivity contribution in [1.29, 1.82) is 0 Å². The van der Waals surface area contributed by atoms with E-state index in [1.807, 2.05) is 42.5 Å². The van der Waals surface area contributed by atoms with Gasteiger partial charge < -0.3 is 9.47 Å². The van der Waals surface area contributed by atoms with Crippen LogP contribution < -0.4 is 9.47 Å². The van der Waals surface area contributed by atoms with Crippen LogP contribution in [0, 0.1) is 0 Å². The lowest BCUT2D eigenvalue weighted by Gasteiger charge is -2.05. The van der Waals surface area contributed by atoms with Crippen LogP contribution in [0.1, 0.15) is 4.88 Å². The van der Waals surface area contributed by atoms with Crippen LogP contribution in [0.15, 0.2) is 48.5 Å². The first-order chi connectivity index (χ1) is 9.74. The largest absolute Gasteiger partial charge is 0.497 e. The molecule has 0 amide bonds. The molecule has 102 valence electrons. The van der Waals surface area contributed by atoms with E-state index >= 15 is 0 Å². The van der Waals surface area contributed by atoms with Crippen molar-refractivity contribution < 1.29 is 9.47 Å². The van der Waals surface area contributed by atoms with Gasteiger partial charge in [0.2, 0.25) is 0 Å². The second-order valence-electron chi connectivity index (χ2n) is 4.36. The van der Waals surface area contributed by atoms with Crippen LogP contribution in [0.3, 0.4) is 0 Å². The summed E-state index contributed by atoms with van der Waals surface area (Å²) in [6.45, 7) is 0.559. The van der Waals surface area contributed by atoms with Crippen molar-refractivity contribution in [3.8, 4) is 11.5 Å². The van der Waals surface area contributed by atoms with E-state index in [1.54, 1.807) is 18.4 Å². The molecule has 4 heteroatoms. The quantitative estimate of drug-likeness (QED) is 0.664. The zero-order valence-corrected chi connectivity index (χ0v) is 12.5. The van der Waals surface area contributed by atoms with E-state index in [4.69, 9.17) is 21.1 Å². The highest BCUT2D eigenvalue weighted by molar-refractivity contribution is 7.19. The summed E-state index contributed by atoms with van der Waals surface area (Å²) in [4.78, 5) is 1.18. The van der Waals surface area contributed by atoms with Crippen LogP contribution in [0.5, 0.6) is 11.5 Å². The van der Waals surface area contributed by atoms with Gasteiger partial charge in [-0.3, -0.25) is 0 Å². The van der Waals surface area contributed by atoms with E-state index in [-0.39, 0.29) is 0 Å². The molecule has 0 atom stereocenters. The normalized spacial score (nSPS) is 10.7. The Morgan fingerprint density at radius 2 is 1.75 bits per heavy atom. The van der Waals surface area contributed by atoms with Crippen LogP contribution >= 0.6 is 22.9 Å². The molecule has 0 fully saturated rings. The lowest BCUT2D eigenvalue weighted by Crippen LogP contribution is -1.92. The number of methoxy groups -OCH3 is 1. The number of benzene rings is 2. The zero-order chi connectivity index (χ0) is 13.9. The molecule has 20 heavy (non-hydrogen) atoms. The number of hydrogen-bond donors (Lipinski definition) is 0. The predicted molar refractivity (Wildman–Crippen MR) is 84.2 cm³/mol. The second-order valence-corrected chi connectivity index (χ2v) is 5.96. The summed E-state index contributed by atoms with van der Waals surface area (Å²) in [5.41, 5.74) is 0. The first-order valence-electron chi connectivity index (χ1n) is 6.19. The molecule has 0 saturated heterocycles. The first-order valence-corrected chi connectivity index (χ1v) is 7.39. The van der Waals surface area contributed by atoms with E-state index in [0.29, 0.717) is 6.61 Å². The third-order valence-electron chi connectivity index (χ3n) is 2.97. The summed E-state index contributed by atoms with van der Waals surface area (Å²) in [6, 6.07) is 15.7. The summed E-state index contributed by atoms with van der Waals surface area (Å²) in [7, 11) is 1.65. The van der Waals surface area contributed by atoms with E-state index in [9.17, 15) is 0 Å². The molecule has 0 bridgehead atoms. The molecular weight excluding hydrogens is 292 g/mol. The molecule has 1 aromatic heterocycles. The van der Waals surface area contributed by atoms with Gasteiger partial charge in [0.15, 0.2) is 0 Å². The standard InChI is InChI=1S/C16H13ClO2S/c1-18-13-4-6-14(7-5-13)19-10-15-8-11-2-3-12(17)9-16(11)20-15/h2-9H,10H2,1H3. The van der Waals surface area contributed by atoms with Crippen molar-refractivity contribution in [2.45, 2.75) is 6.61 Å². The van der Waals surface area contributed by atoms with Crippen molar-refractivity contribution in [1.82, 2.24) is 0 Å². The Bertz CT molecular complexity index is 719. The number of ether oxygens (including phenoxy) is 2. The monoisotopic (exact) mass is 304 g/mol. The molecular formula is C16H13ClO2S. The van der Waals surface area contributed by atoms with Gasteiger partial charge in [-0.1, -0.05) is 17.7 Å². The van der Waals surface area contributed by atoms with Crippen molar-refractivity contribution in [3.63, 3.8) is 0 Å². The number of thiophene rings is 1. The topological polar surface area (TPSA) is 18.5 Å². The number of halogens is 1. The molecule has 2 nitrogen and oxygen atoms in total. The molecule has 1 heterocycles. The van der Waals surface area contributed by atoms with Gasteiger partial charge in [-0.15, -0.1) is 11.3 Å². The molecule has 0 saturated carbocycles. The maximum absolute atomic E-state index is 5.99. The van der Waals surface area contributed by atoms with Gasteiger partial charge >= 0.3 is 0 Å². The maximum atomic E-state index is 5.99. The SMILES string of the molecule is COc1ccc(OCc2cc3ccc(Cl)cc3s2)cc1. The van der Waals surface area contributed by atoms with E-state index in [0.717, 1.165) is 16.5 Å². The van der Waals surface area contributed by atoms with Crippen LogP contribution in [0.25, 0.3) is 10.1 Å². The summed E-state index contributed by atoms with van der Waals surface area (Å²) in [6.07, 6.45) is 0. The molecule has 3 aromatic rings. The predicted octanol–water partition coefficient (Wildman–Crippen LogP) is 5.14. The molecule has 0 aliphatic carbocycles. The van der Waals surface area contributed by atoms with Crippen LogP contribution in [0.2, 0.25) is 5.02 Å². The smallest absolute Gasteiger partial charge is 0.122 e. The van der Waals surface area contributed by atoms with Crippen LogP contribution in [-0.2, 0) is 6.61 Å². The van der Waals surface area contributed by atoms with Crippen molar-refractivity contribution in [2.75, 3.05) is 7.11 Å². The number of hydrogen-bond acceptors (Lipinski definition) is 3. The van der Waals surface area contributed by atoms with Gasteiger partial charge in [-0.05, 0) is 47.9 Å². The fraction of sp³-hybridized carbons (Fsp3) is 0.125. The number of rotatable bonds is 4. The van der Waals surface area contributed by atoms with Gasteiger partial charge in [0.1, 0.15) is 18.1 Å². The van der Waals surface area contributed by atoms with Crippen LogP contribution in [0.4, 0.5) is 0 Å². The highest BCUT2D eigenvalue weighted by atomic mass is 35.5. The van der Waals surface area contributed by atoms with E-state index < -0.39 is 0 Å². The lowest BCUT2D eigenvalue weighted by atomic mass is 10.2. The molecule has 0 N–H and O–H groups in total. The Hall–Kier alpha value is -1.71. The third-order valence-corrected chi connectivity index (χ3v) is 4.28. The Morgan fingerprint density at radius 3 is 2.50 bits per heavy atom. The molecule has 0 aliphatic rings. The molecule has 2 aromatic carbocycles. The molecule has 0 spiro atoms. The fourth-order valence-electron chi connectivity index (χ4n) is 1.96. The minimum absolute atomic E-state index is 0.559.